The van der Waals surface area contributed by atoms with Crippen LogP contribution in [0, 0.1) is 18.3 Å². The predicted octanol–water partition coefficient (Wildman–Crippen LogP) is 6.09. The van der Waals surface area contributed by atoms with E-state index < -0.39 is 5.60 Å². The van der Waals surface area contributed by atoms with Crippen molar-refractivity contribution >= 4 is 16.8 Å². The molecule has 1 heterocycles. The monoisotopic (exact) mass is 398 g/mol. The summed E-state index contributed by atoms with van der Waals surface area (Å²) in [6.07, 6.45) is 7.98. The predicted molar refractivity (Wildman–Crippen MR) is 119 cm³/mol. The van der Waals surface area contributed by atoms with Gasteiger partial charge in [-0.1, -0.05) is 26.8 Å². The summed E-state index contributed by atoms with van der Waals surface area (Å²) in [5.41, 5.74) is 2.64. The average molecular weight is 399 g/mol. The molecule has 0 saturated heterocycles. The van der Waals surface area contributed by atoms with Crippen molar-refractivity contribution in [2.75, 3.05) is 0 Å². The van der Waals surface area contributed by atoms with Gasteiger partial charge in [-0.25, -0.2) is 4.98 Å². The summed E-state index contributed by atoms with van der Waals surface area (Å²) in [5.74, 6) is 2.34. The van der Waals surface area contributed by atoms with Crippen LogP contribution in [0.5, 0.6) is 0 Å². The Labute approximate surface area is 175 Å². The van der Waals surface area contributed by atoms with Crippen LogP contribution in [0.2, 0.25) is 0 Å². The lowest BCUT2D eigenvalue weighted by Crippen LogP contribution is -2.19. The van der Waals surface area contributed by atoms with Crippen molar-refractivity contribution in [2.24, 2.45) is 11.3 Å². The maximum atomic E-state index is 11.2. The van der Waals surface area contributed by atoms with Gasteiger partial charge in [-0.15, -0.1) is 0 Å². The zero-order valence-corrected chi connectivity index (χ0v) is 19.1. The molecular weight excluding hydrogens is 360 g/mol. The number of fused-ring (bicyclic) bond motifs is 1. The Morgan fingerprint density at radius 1 is 1.17 bits per heavy atom. The van der Waals surface area contributed by atoms with Crippen molar-refractivity contribution < 1.29 is 9.90 Å². The molecule has 160 valence electrons. The fourth-order valence-electron chi connectivity index (χ4n) is 4.34. The molecule has 2 aliphatic carbocycles. The second-order valence-corrected chi connectivity index (χ2v) is 10.2. The molecule has 0 spiro atoms. The Morgan fingerprint density at radius 2 is 1.83 bits per heavy atom. The van der Waals surface area contributed by atoms with Crippen molar-refractivity contribution in [3.63, 3.8) is 0 Å². The first-order valence-electron chi connectivity index (χ1n) is 11.3. The Morgan fingerprint density at radius 3 is 2.31 bits per heavy atom. The molecule has 0 aliphatic heterocycles. The van der Waals surface area contributed by atoms with Crippen LogP contribution in [0.25, 0.3) is 11.0 Å². The molecule has 29 heavy (non-hydrogen) atoms. The van der Waals surface area contributed by atoms with Gasteiger partial charge in [0.2, 0.25) is 0 Å². The maximum absolute atomic E-state index is 11.2. The molecule has 2 aliphatic rings. The fraction of sp³-hybridized carbons (Fsp3) is 0.680. The van der Waals surface area contributed by atoms with E-state index in [0.29, 0.717) is 18.2 Å². The quantitative estimate of drug-likeness (QED) is 0.640. The van der Waals surface area contributed by atoms with Crippen LogP contribution in [0.4, 0.5) is 0 Å². The SMILES string of the molecule is CCC(=O)CC(C)(C)C1CC1.Cc1nc2ccc(C(C)(C)O)cc2n1C1CCC1. The van der Waals surface area contributed by atoms with E-state index in [2.05, 4.69) is 36.4 Å². The van der Waals surface area contributed by atoms with Crippen LogP contribution < -0.4 is 0 Å². The van der Waals surface area contributed by atoms with Gasteiger partial charge >= 0.3 is 0 Å². The Hall–Kier alpha value is -1.68. The van der Waals surface area contributed by atoms with Gasteiger partial charge in [-0.05, 0) is 81.9 Å². The number of carbonyl (C=O) groups is 1. The smallest absolute Gasteiger partial charge is 0.133 e. The number of ketones is 1. The number of imidazole rings is 1. The van der Waals surface area contributed by atoms with E-state index in [1.807, 2.05) is 32.9 Å². The molecule has 0 atom stereocenters. The normalized spacial score (nSPS) is 17.6. The minimum atomic E-state index is -0.795. The second kappa shape index (κ2) is 8.22. The lowest BCUT2D eigenvalue weighted by atomic mass is 9.82. The van der Waals surface area contributed by atoms with Gasteiger partial charge in [0, 0.05) is 18.9 Å². The Bertz CT molecular complexity index is 865. The van der Waals surface area contributed by atoms with Gasteiger partial charge in [-0.2, -0.15) is 0 Å². The summed E-state index contributed by atoms with van der Waals surface area (Å²) in [5, 5.41) is 10.1. The van der Waals surface area contributed by atoms with Crippen LogP contribution in [0.3, 0.4) is 0 Å². The summed E-state index contributed by atoms with van der Waals surface area (Å²) in [6.45, 7) is 12.1. The molecule has 0 amide bonds. The number of nitrogens with zero attached hydrogens (tertiary/aromatic N) is 2. The molecule has 1 aromatic heterocycles. The minimum absolute atomic E-state index is 0.285. The summed E-state index contributed by atoms with van der Waals surface area (Å²) >= 11 is 0. The standard InChI is InChI=1S/C15H20N2O.C10H18O/c1-10-16-13-8-7-11(15(2,3)18)9-14(13)17(10)12-5-4-6-12;1-4-9(11)7-10(2,3)8-5-6-8/h7-9,12,18H,4-6H2,1-3H3;8H,4-7H2,1-3H3. The molecule has 1 N–H and O–H groups in total. The molecule has 0 bridgehead atoms. The lowest BCUT2D eigenvalue weighted by molar-refractivity contribution is -0.120. The van der Waals surface area contributed by atoms with Crippen LogP contribution >= 0.6 is 0 Å². The number of hydrogen-bond acceptors (Lipinski definition) is 3. The van der Waals surface area contributed by atoms with E-state index in [1.165, 1.54) is 32.1 Å². The Balaban J connectivity index is 0.000000188. The van der Waals surface area contributed by atoms with E-state index in [4.69, 9.17) is 0 Å². The number of rotatable bonds is 6. The minimum Gasteiger partial charge on any atom is -0.386 e. The third kappa shape index (κ3) is 5.09. The molecule has 0 radical (unpaired) electrons. The zero-order chi connectivity index (χ0) is 21.4. The summed E-state index contributed by atoms with van der Waals surface area (Å²) < 4.78 is 2.34. The van der Waals surface area contributed by atoms with Crippen molar-refractivity contribution in [2.45, 2.75) is 98.1 Å². The summed E-state index contributed by atoms with van der Waals surface area (Å²) in [4.78, 5) is 15.8. The highest BCUT2D eigenvalue weighted by atomic mass is 16.3. The van der Waals surface area contributed by atoms with Gasteiger partial charge in [0.05, 0.1) is 16.6 Å². The van der Waals surface area contributed by atoms with Crippen LogP contribution in [0.1, 0.15) is 97.0 Å². The topological polar surface area (TPSA) is 55.1 Å². The first kappa shape index (κ1) is 22.0. The number of aromatic nitrogens is 2. The maximum Gasteiger partial charge on any atom is 0.133 e. The first-order valence-corrected chi connectivity index (χ1v) is 11.3. The highest BCUT2D eigenvalue weighted by Crippen LogP contribution is 2.47. The fourth-order valence-corrected chi connectivity index (χ4v) is 4.34. The van der Waals surface area contributed by atoms with Crippen molar-refractivity contribution in [3.05, 3.63) is 29.6 Å². The third-order valence-corrected chi connectivity index (χ3v) is 6.74. The van der Waals surface area contributed by atoms with E-state index >= 15 is 0 Å². The Kier molecular flexibility index (Phi) is 6.24. The molecule has 1 aromatic carbocycles. The molecule has 4 rings (SSSR count). The van der Waals surface area contributed by atoms with E-state index in [0.717, 1.165) is 34.8 Å². The van der Waals surface area contributed by atoms with Gasteiger partial charge in [-0.3, -0.25) is 4.79 Å². The molecule has 2 saturated carbocycles. The molecule has 4 heteroatoms. The van der Waals surface area contributed by atoms with Gasteiger partial charge in [0.1, 0.15) is 11.6 Å². The number of aryl methyl sites for hydroxylation is 1. The molecular formula is C25H38N2O2. The molecule has 2 fully saturated rings. The third-order valence-electron chi connectivity index (χ3n) is 6.74. The van der Waals surface area contributed by atoms with Crippen molar-refractivity contribution in [3.8, 4) is 0 Å². The number of carbonyl (C=O) groups excluding carboxylic acids is 1. The second-order valence-electron chi connectivity index (χ2n) is 10.2. The van der Waals surface area contributed by atoms with Crippen LogP contribution in [-0.4, -0.2) is 20.4 Å². The number of aliphatic hydroxyl groups is 1. The summed E-state index contributed by atoms with van der Waals surface area (Å²) in [6, 6.07) is 6.69. The van der Waals surface area contributed by atoms with Gasteiger partial charge < -0.3 is 9.67 Å². The molecule has 2 aromatic rings. The highest BCUT2D eigenvalue weighted by molar-refractivity contribution is 5.78. The molecule has 0 unspecified atom stereocenters. The average Bonchev–Trinajstić information content (AvgIpc) is 3.39. The highest BCUT2D eigenvalue weighted by Gasteiger charge is 2.38. The van der Waals surface area contributed by atoms with Gasteiger partial charge in [0.15, 0.2) is 0 Å². The largest absolute Gasteiger partial charge is 0.386 e. The van der Waals surface area contributed by atoms with E-state index in [-0.39, 0.29) is 5.41 Å². The van der Waals surface area contributed by atoms with Gasteiger partial charge in [0.25, 0.3) is 0 Å². The van der Waals surface area contributed by atoms with Crippen LogP contribution in [0.15, 0.2) is 18.2 Å². The summed E-state index contributed by atoms with van der Waals surface area (Å²) in [7, 11) is 0. The first-order chi connectivity index (χ1) is 13.5. The van der Waals surface area contributed by atoms with Crippen molar-refractivity contribution in [1.29, 1.82) is 0 Å². The lowest BCUT2D eigenvalue weighted by Gasteiger charge is -2.29. The van der Waals surface area contributed by atoms with E-state index in [9.17, 15) is 9.90 Å². The number of benzene rings is 1. The zero-order valence-electron chi connectivity index (χ0n) is 19.1. The molecule has 4 nitrogen and oxygen atoms in total. The van der Waals surface area contributed by atoms with E-state index in [1.54, 1.807) is 0 Å². The number of Topliss-reactive ketones (excluding diaryl/α,β-unsaturated/α-hetero) is 1. The number of hydrogen-bond donors (Lipinski definition) is 1. The van der Waals surface area contributed by atoms with Crippen molar-refractivity contribution in [1.82, 2.24) is 9.55 Å². The van der Waals surface area contributed by atoms with Crippen LogP contribution in [-0.2, 0) is 10.4 Å².